The Balaban J connectivity index is 2.15. The van der Waals surface area contributed by atoms with E-state index in [9.17, 15) is 13.6 Å². The smallest absolute Gasteiger partial charge is 0.257 e. The van der Waals surface area contributed by atoms with Gasteiger partial charge in [-0.25, -0.2) is 13.8 Å². The number of aromatic nitrogens is 1. The molecule has 0 fully saturated rings. The molecule has 0 spiro atoms. The number of hydrogen-bond acceptors (Lipinski definition) is 3. The van der Waals surface area contributed by atoms with Crippen molar-refractivity contribution in [1.29, 1.82) is 0 Å². The van der Waals surface area contributed by atoms with E-state index in [0.717, 1.165) is 23.9 Å². The third kappa shape index (κ3) is 3.35. The Bertz CT molecular complexity index is 590. The molecule has 0 saturated heterocycles. The standard InChI is InChI=1S/C13H12F2N2OS/c1-7(2)11-6-19-13(16-11)17-12(18)8-3-9(14)5-10(15)4-8/h3-7H,1-2H3,(H,16,17,18). The van der Waals surface area contributed by atoms with Crippen LogP contribution in [0.1, 0.15) is 35.8 Å². The van der Waals surface area contributed by atoms with Gasteiger partial charge in [0.1, 0.15) is 11.6 Å². The lowest BCUT2D eigenvalue weighted by molar-refractivity contribution is 0.102. The fourth-order valence-corrected chi connectivity index (χ4v) is 2.33. The highest BCUT2D eigenvalue weighted by atomic mass is 32.1. The zero-order valence-electron chi connectivity index (χ0n) is 10.4. The van der Waals surface area contributed by atoms with Crippen LogP contribution in [0.3, 0.4) is 0 Å². The summed E-state index contributed by atoms with van der Waals surface area (Å²) in [6.07, 6.45) is 0. The van der Waals surface area contributed by atoms with Crippen LogP contribution in [0, 0.1) is 11.6 Å². The van der Waals surface area contributed by atoms with Crippen molar-refractivity contribution in [2.75, 3.05) is 5.32 Å². The molecule has 0 radical (unpaired) electrons. The van der Waals surface area contributed by atoms with Crippen molar-refractivity contribution in [3.8, 4) is 0 Å². The average Bonchev–Trinajstić information content (AvgIpc) is 2.76. The minimum absolute atomic E-state index is 0.0706. The lowest BCUT2D eigenvalue weighted by Gasteiger charge is -2.02. The predicted molar refractivity (Wildman–Crippen MR) is 70.5 cm³/mol. The van der Waals surface area contributed by atoms with Crippen molar-refractivity contribution in [2.45, 2.75) is 19.8 Å². The summed E-state index contributed by atoms with van der Waals surface area (Å²) in [6, 6.07) is 2.68. The molecular formula is C13H12F2N2OS. The van der Waals surface area contributed by atoms with Crippen molar-refractivity contribution in [2.24, 2.45) is 0 Å². The molecule has 0 aliphatic rings. The number of thiazole rings is 1. The number of nitrogens with zero attached hydrogens (tertiary/aromatic N) is 1. The molecule has 1 aromatic carbocycles. The molecular weight excluding hydrogens is 270 g/mol. The van der Waals surface area contributed by atoms with Gasteiger partial charge in [-0.05, 0) is 18.1 Å². The SMILES string of the molecule is CC(C)c1csc(NC(=O)c2cc(F)cc(F)c2)n1. The summed E-state index contributed by atoms with van der Waals surface area (Å²) in [5.74, 6) is -1.89. The van der Waals surface area contributed by atoms with E-state index in [1.165, 1.54) is 11.3 Å². The van der Waals surface area contributed by atoms with Crippen LogP contribution < -0.4 is 5.32 Å². The Labute approximate surface area is 113 Å². The summed E-state index contributed by atoms with van der Waals surface area (Å²) in [5, 5.41) is 4.78. The van der Waals surface area contributed by atoms with Crippen LogP contribution in [0.4, 0.5) is 13.9 Å². The molecule has 0 aliphatic carbocycles. The monoisotopic (exact) mass is 282 g/mol. The zero-order chi connectivity index (χ0) is 14.0. The molecule has 1 heterocycles. The Kier molecular flexibility index (Phi) is 3.90. The van der Waals surface area contributed by atoms with Crippen LogP contribution in [0.25, 0.3) is 0 Å². The molecule has 0 unspecified atom stereocenters. The van der Waals surface area contributed by atoms with Crippen molar-refractivity contribution < 1.29 is 13.6 Å². The topological polar surface area (TPSA) is 42.0 Å². The number of nitrogens with one attached hydrogen (secondary N) is 1. The minimum Gasteiger partial charge on any atom is -0.298 e. The highest BCUT2D eigenvalue weighted by Gasteiger charge is 2.12. The summed E-state index contributed by atoms with van der Waals surface area (Å²) in [4.78, 5) is 16.0. The molecule has 19 heavy (non-hydrogen) atoms. The van der Waals surface area contributed by atoms with E-state index >= 15 is 0 Å². The maximum Gasteiger partial charge on any atom is 0.257 e. The lowest BCUT2D eigenvalue weighted by atomic mass is 10.2. The van der Waals surface area contributed by atoms with E-state index in [2.05, 4.69) is 10.3 Å². The molecule has 2 rings (SSSR count). The van der Waals surface area contributed by atoms with Gasteiger partial charge in [-0.15, -0.1) is 11.3 Å². The van der Waals surface area contributed by atoms with Crippen LogP contribution in [0.5, 0.6) is 0 Å². The van der Waals surface area contributed by atoms with Crippen molar-refractivity contribution in [3.63, 3.8) is 0 Å². The van der Waals surface area contributed by atoms with Gasteiger partial charge in [0.2, 0.25) is 0 Å². The molecule has 0 bridgehead atoms. The van der Waals surface area contributed by atoms with E-state index < -0.39 is 17.5 Å². The number of carbonyl (C=O) groups excluding carboxylic acids is 1. The second kappa shape index (κ2) is 5.44. The summed E-state index contributed by atoms with van der Waals surface area (Å²) in [5.41, 5.74) is 0.796. The summed E-state index contributed by atoms with van der Waals surface area (Å²) < 4.78 is 26.0. The Morgan fingerprint density at radius 3 is 2.42 bits per heavy atom. The third-order valence-electron chi connectivity index (χ3n) is 2.46. The van der Waals surface area contributed by atoms with Crippen LogP contribution in [0.15, 0.2) is 23.6 Å². The molecule has 6 heteroatoms. The fourth-order valence-electron chi connectivity index (χ4n) is 1.46. The van der Waals surface area contributed by atoms with Crippen LogP contribution in [-0.4, -0.2) is 10.9 Å². The molecule has 3 nitrogen and oxygen atoms in total. The Hall–Kier alpha value is -1.82. The van der Waals surface area contributed by atoms with Crippen LogP contribution >= 0.6 is 11.3 Å². The Morgan fingerprint density at radius 1 is 1.26 bits per heavy atom. The first kappa shape index (κ1) is 13.6. The normalized spacial score (nSPS) is 10.8. The molecule has 100 valence electrons. The molecule has 0 atom stereocenters. The number of hydrogen-bond donors (Lipinski definition) is 1. The minimum atomic E-state index is -0.785. The molecule has 1 aromatic heterocycles. The van der Waals surface area contributed by atoms with Crippen molar-refractivity contribution >= 4 is 22.4 Å². The van der Waals surface area contributed by atoms with Gasteiger partial charge in [0, 0.05) is 17.0 Å². The number of benzene rings is 1. The zero-order valence-corrected chi connectivity index (χ0v) is 11.2. The second-order valence-electron chi connectivity index (χ2n) is 4.34. The van der Waals surface area contributed by atoms with Gasteiger partial charge in [0.05, 0.1) is 5.69 Å². The van der Waals surface area contributed by atoms with Gasteiger partial charge >= 0.3 is 0 Å². The number of anilines is 1. The van der Waals surface area contributed by atoms with Gasteiger partial charge in [-0.1, -0.05) is 13.8 Å². The highest BCUT2D eigenvalue weighted by molar-refractivity contribution is 7.14. The van der Waals surface area contributed by atoms with E-state index in [4.69, 9.17) is 0 Å². The molecule has 1 amide bonds. The first-order valence-electron chi connectivity index (χ1n) is 5.68. The number of rotatable bonds is 3. The summed E-state index contributed by atoms with van der Waals surface area (Å²) in [6.45, 7) is 3.98. The highest BCUT2D eigenvalue weighted by Crippen LogP contribution is 2.22. The second-order valence-corrected chi connectivity index (χ2v) is 5.20. The molecule has 0 saturated carbocycles. The van der Waals surface area contributed by atoms with E-state index in [1.807, 2.05) is 19.2 Å². The maximum absolute atomic E-state index is 13.0. The maximum atomic E-state index is 13.0. The number of halogens is 2. The van der Waals surface area contributed by atoms with Gasteiger partial charge in [-0.2, -0.15) is 0 Å². The van der Waals surface area contributed by atoms with E-state index in [-0.39, 0.29) is 11.5 Å². The quantitative estimate of drug-likeness (QED) is 0.930. The molecule has 2 aromatic rings. The molecule has 1 N–H and O–H groups in total. The summed E-state index contributed by atoms with van der Waals surface area (Å²) in [7, 11) is 0. The fraction of sp³-hybridized carbons (Fsp3) is 0.231. The first-order chi connectivity index (χ1) is 8.95. The van der Waals surface area contributed by atoms with Gasteiger partial charge in [0.25, 0.3) is 5.91 Å². The largest absolute Gasteiger partial charge is 0.298 e. The van der Waals surface area contributed by atoms with E-state index in [0.29, 0.717) is 5.13 Å². The van der Waals surface area contributed by atoms with Crippen LogP contribution in [0.2, 0.25) is 0 Å². The number of carbonyl (C=O) groups is 1. The van der Waals surface area contributed by atoms with Gasteiger partial charge in [-0.3, -0.25) is 10.1 Å². The average molecular weight is 282 g/mol. The van der Waals surface area contributed by atoms with Crippen molar-refractivity contribution in [1.82, 2.24) is 4.98 Å². The van der Waals surface area contributed by atoms with Crippen LogP contribution in [-0.2, 0) is 0 Å². The first-order valence-corrected chi connectivity index (χ1v) is 6.56. The predicted octanol–water partition coefficient (Wildman–Crippen LogP) is 3.80. The number of amides is 1. The lowest BCUT2D eigenvalue weighted by Crippen LogP contribution is -2.12. The van der Waals surface area contributed by atoms with Crippen molar-refractivity contribution in [3.05, 3.63) is 46.5 Å². The summed E-state index contributed by atoms with van der Waals surface area (Å²) >= 11 is 1.28. The Morgan fingerprint density at radius 2 is 1.89 bits per heavy atom. The van der Waals surface area contributed by atoms with E-state index in [1.54, 1.807) is 0 Å². The van der Waals surface area contributed by atoms with Gasteiger partial charge in [0.15, 0.2) is 5.13 Å². The third-order valence-corrected chi connectivity index (χ3v) is 3.23. The molecule has 0 aliphatic heterocycles. The van der Waals surface area contributed by atoms with Gasteiger partial charge < -0.3 is 0 Å².